The fourth-order valence-corrected chi connectivity index (χ4v) is 2.80. The molecule has 2 heterocycles. The maximum Gasteiger partial charge on any atom is 0.261 e. The Labute approximate surface area is 119 Å². The van der Waals surface area contributed by atoms with Gasteiger partial charge in [-0.15, -0.1) is 0 Å². The highest BCUT2D eigenvalue weighted by Gasteiger charge is 2.12. The van der Waals surface area contributed by atoms with Crippen LogP contribution in [0.25, 0.3) is 10.2 Å². The van der Waals surface area contributed by atoms with Gasteiger partial charge in [0, 0.05) is 18.1 Å². The Morgan fingerprint density at radius 1 is 1.35 bits per heavy atom. The van der Waals surface area contributed by atoms with Gasteiger partial charge in [0.15, 0.2) is 5.13 Å². The van der Waals surface area contributed by atoms with Crippen LogP contribution in [0, 0.1) is 6.92 Å². The van der Waals surface area contributed by atoms with Crippen molar-refractivity contribution >= 4 is 38.3 Å². The molecule has 0 bridgehead atoms. The van der Waals surface area contributed by atoms with Crippen molar-refractivity contribution in [3.8, 4) is 0 Å². The molecule has 6 heteroatoms. The summed E-state index contributed by atoms with van der Waals surface area (Å²) in [6.07, 6.45) is 2.99. The molecule has 1 amide bonds. The van der Waals surface area contributed by atoms with Crippen LogP contribution in [0.2, 0.25) is 0 Å². The van der Waals surface area contributed by atoms with Crippen LogP contribution in [0.1, 0.15) is 15.9 Å². The van der Waals surface area contributed by atoms with Crippen LogP contribution >= 0.6 is 11.3 Å². The summed E-state index contributed by atoms with van der Waals surface area (Å²) in [7, 11) is 0. The van der Waals surface area contributed by atoms with E-state index >= 15 is 0 Å². The summed E-state index contributed by atoms with van der Waals surface area (Å²) in [5.74, 6) is -0.300. The molecule has 3 N–H and O–H groups in total. The van der Waals surface area contributed by atoms with E-state index in [1.165, 1.54) is 17.5 Å². The van der Waals surface area contributed by atoms with Gasteiger partial charge in [0.25, 0.3) is 5.91 Å². The topological polar surface area (TPSA) is 80.9 Å². The number of amides is 1. The first-order chi connectivity index (χ1) is 9.63. The predicted molar refractivity (Wildman–Crippen MR) is 81.0 cm³/mol. The van der Waals surface area contributed by atoms with Crippen molar-refractivity contribution in [1.82, 2.24) is 9.97 Å². The summed E-state index contributed by atoms with van der Waals surface area (Å²) in [5, 5.41) is 3.31. The quantitative estimate of drug-likeness (QED) is 0.758. The fraction of sp³-hybridized carbons (Fsp3) is 0.0714. The van der Waals surface area contributed by atoms with Crippen LogP contribution in [-0.4, -0.2) is 15.9 Å². The van der Waals surface area contributed by atoms with E-state index in [9.17, 15) is 4.79 Å². The highest BCUT2D eigenvalue weighted by atomic mass is 32.1. The summed E-state index contributed by atoms with van der Waals surface area (Å²) < 4.78 is 1.04. The zero-order valence-electron chi connectivity index (χ0n) is 10.8. The molecule has 20 heavy (non-hydrogen) atoms. The largest absolute Gasteiger partial charge is 0.398 e. The minimum absolute atomic E-state index is 0.300. The summed E-state index contributed by atoms with van der Waals surface area (Å²) >= 11 is 1.44. The van der Waals surface area contributed by atoms with Gasteiger partial charge in [0.05, 0.1) is 15.8 Å². The minimum atomic E-state index is -0.300. The molecule has 5 nitrogen and oxygen atoms in total. The number of carbonyl (C=O) groups is 1. The second-order valence-corrected chi connectivity index (χ2v) is 5.44. The maximum absolute atomic E-state index is 12.1. The molecule has 0 unspecified atom stereocenters. The van der Waals surface area contributed by atoms with Crippen LogP contribution in [0.4, 0.5) is 10.8 Å². The van der Waals surface area contributed by atoms with E-state index in [4.69, 9.17) is 5.73 Å². The fourth-order valence-electron chi connectivity index (χ4n) is 1.84. The number of anilines is 2. The standard InChI is InChI=1S/C14H12N4OS/c1-8-2-3-11-12(6-8)20-14(17-11)18-13(19)9-7-16-5-4-10(9)15/h2-7H,1H3,(H2,15,16)(H,17,18,19). The van der Waals surface area contributed by atoms with E-state index in [0.29, 0.717) is 16.4 Å². The molecule has 0 atom stereocenters. The van der Waals surface area contributed by atoms with E-state index < -0.39 is 0 Å². The summed E-state index contributed by atoms with van der Waals surface area (Å²) in [5.41, 5.74) is 8.53. The highest BCUT2D eigenvalue weighted by Crippen LogP contribution is 2.27. The van der Waals surface area contributed by atoms with Crippen molar-refractivity contribution in [1.29, 1.82) is 0 Å². The Hall–Kier alpha value is -2.47. The van der Waals surface area contributed by atoms with Crippen LogP contribution in [0.15, 0.2) is 36.7 Å². The lowest BCUT2D eigenvalue weighted by Crippen LogP contribution is -2.14. The van der Waals surface area contributed by atoms with Gasteiger partial charge in [-0.2, -0.15) is 0 Å². The third-order valence-electron chi connectivity index (χ3n) is 2.86. The first kappa shape index (κ1) is 12.6. The number of aryl methyl sites for hydroxylation is 1. The van der Waals surface area contributed by atoms with Crippen molar-refractivity contribution in [2.75, 3.05) is 11.1 Å². The Kier molecular flexibility index (Phi) is 3.08. The molecule has 0 aliphatic rings. The van der Waals surface area contributed by atoms with Crippen LogP contribution < -0.4 is 11.1 Å². The van der Waals surface area contributed by atoms with Crippen molar-refractivity contribution in [3.05, 3.63) is 47.8 Å². The minimum Gasteiger partial charge on any atom is -0.398 e. The van der Waals surface area contributed by atoms with Gasteiger partial charge in [0.2, 0.25) is 0 Å². The summed E-state index contributed by atoms with van der Waals surface area (Å²) in [6.45, 7) is 2.02. The molecule has 2 aromatic heterocycles. The van der Waals surface area contributed by atoms with E-state index in [1.807, 2.05) is 25.1 Å². The van der Waals surface area contributed by atoms with Crippen molar-refractivity contribution < 1.29 is 4.79 Å². The number of aromatic nitrogens is 2. The molecule has 0 saturated carbocycles. The second kappa shape index (κ2) is 4.90. The SMILES string of the molecule is Cc1ccc2nc(NC(=O)c3cnccc3N)sc2c1. The second-order valence-electron chi connectivity index (χ2n) is 4.41. The average molecular weight is 284 g/mol. The smallest absolute Gasteiger partial charge is 0.261 e. The number of carbonyl (C=O) groups excluding carboxylic acids is 1. The third kappa shape index (κ3) is 2.33. The average Bonchev–Trinajstić information content (AvgIpc) is 2.80. The highest BCUT2D eigenvalue weighted by molar-refractivity contribution is 7.22. The van der Waals surface area contributed by atoms with Crippen molar-refractivity contribution in [2.45, 2.75) is 6.92 Å². The van der Waals surface area contributed by atoms with Gasteiger partial charge < -0.3 is 5.73 Å². The van der Waals surface area contributed by atoms with Gasteiger partial charge in [0.1, 0.15) is 0 Å². The lowest BCUT2D eigenvalue weighted by molar-refractivity contribution is 0.102. The predicted octanol–water partition coefficient (Wildman–Crippen LogP) is 2.83. The number of fused-ring (bicyclic) bond motifs is 1. The lowest BCUT2D eigenvalue weighted by atomic mass is 10.2. The Morgan fingerprint density at radius 2 is 2.20 bits per heavy atom. The Morgan fingerprint density at radius 3 is 3.00 bits per heavy atom. The summed E-state index contributed by atoms with van der Waals surface area (Å²) in [6, 6.07) is 7.57. The molecule has 0 radical (unpaired) electrons. The molecule has 3 aromatic rings. The zero-order valence-corrected chi connectivity index (χ0v) is 11.6. The number of thiazole rings is 1. The molecular formula is C14H12N4OS. The first-order valence-corrected chi connectivity index (χ1v) is 6.83. The van der Waals surface area contributed by atoms with Crippen LogP contribution in [0.3, 0.4) is 0 Å². The number of nitrogens with one attached hydrogen (secondary N) is 1. The van der Waals surface area contributed by atoms with Crippen LogP contribution in [0.5, 0.6) is 0 Å². The number of nitrogen functional groups attached to an aromatic ring is 1. The Balaban J connectivity index is 1.89. The van der Waals surface area contributed by atoms with Gasteiger partial charge >= 0.3 is 0 Å². The number of rotatable bonds is 2. The zero-order chi connectivity index (χ0) is 14.1. The molecule has 0 fully saturated rings. The Bertz CT molecular complexity index is 797. The number of benzene rings is 1. The normalized spacial score (nSPS) is 10.7. The van der Waals surface area contributed by atoms with Crippen molar-refractivity contribution in [2.24, 2.45) is 0 Å². The molecule has 0 aliphatic carbocycles. The molecule has 0 aliphatic heterocycles. The number of nitrogens with zero attached hydrogens (tertiary/aromatic N) is 2. The lowest BCUT2D eigenvalue weighted by Gasteiger charge is -2.03. The number of hydrogen-bond donors (Lipinski definition) is 2. The van der Waals surface area contributed by atoms with E-state index in [2.05, 4.69) is 15.3 Å². The van der Waals surface area contributed by atoms with Crippen molar-refractivity contribution in [3.63, 3.8) is 0 Å². The van der Waals surface area contributed by atoms with Gasteiger partial charge in [-0.05, 0) is 30.7 Å². The van der Waals surface area contributed by atoms with E-state index in [0.717, 1.165) is 15.8 Å². The molecule has 1 aromatic carbocycles. The first-order valence-electron chi connectivity index (χ1n) is 6.01. The third-order valence-corrected chi connectivity index (χ3v) is 3.80. The van der Waals surface area contributed by atoms with Gasteiger partial charge in [-0.25, -0.2) is 4.98 Å². The molecular weight excluding hydrogens is 272 g/mol. The van der Waals surface area contributed by atoms with Crippen LogP contribution in [-0.2, 0) is 0 Å². The maximum atomic E-state index is 12.1. The van der Waals surface area contributed by atoms with E-state index in [1.54, 1.807) is 12.3 Å². The number of nitrogens with two attached hydrogens (primary N) is 1. The number of pyridine rings is 1. The van der Waals surface area contributed by atoms with Gasteiger partial charge in [-0.1, -0.05) is 17.4 Å². The number of hydrogen-bond acceptors (Lipinski definition) is 5. The molecule has 100 valence electrons. The monoisotopic (exact) mass is 284 g/mol. The van der Waals surface area contributed by atoms with E-state index in [-0.39, 0.29) is 5.91 Å². The molecule has 3 rings (SSSR count). The van der Waals surface area contributed by atoms with Gasteiger partial charge in [-0.3, -0.25) is 15.1 Å². The summed E-state index contributed by atoms with van der Waals surface area (Å²) in [4.78, 5) is 20.4. The molecule has 0 spiro atoms. The molecule has 0 saturated heterocycles.